The highest BCUT2D eigenvalue weighted by atomic mass is 32.1. The van der Waals surface area contributed by atoms with Crippen molar-refractivity contribution in [3.8, 4) is 0 Å². The van der Waals surface area contributed by atoms with Crippen molar-refractivity contribution in [2.45, 2.75) is 26.4 Å². The van der Waals surface area contributed by atoms with Crippen LogP contribution in [0.3, 0.4) is 0 Å². The number of rotatable bonds is 6. The normalized spacial score (nSPS) is 11.4. The molecule has 140 valence electrons. The first-order valence-corrected chi connectivity index (χ1v) is 10.2. The Kier molecular flexibility index (Phi) is 4.66. The quantitative estimate of drug-likeness (QED) is 0.528. The minimum absolute atomic E-state index is 0.181. The molecular weight excluding hydrogens is 386 g/mol. The van der Waals surface area contributed by atoms with Crippen LogP contribution in [-0.4, -0.2) is 31.2 Å². The fourth-order valence-corrected chi connectivity index (χ4v) is 4.41. The molecule has 0 bridgehead atoms. The lowest BCUT2D eigenvalue weighted by molar-refractivity contribution is -0.121. The molecule has 1 amide bonds. The SMILES string of the molecule is CCCNC(=O)Cn1nc2n(Cc3cccs3)c(=O)c3sccc3n2c1=O. The molecular formula is C17H17N5O3S2. The number of nitrogens with one attached hydrogen (secondary N) is 1. The van der Waals surface area contributed by atoms with Gasteiger partial charge in [0.05, 0.1) is 12.1 Å². The zero-order valence-corrected chi connectivity index (χ0v) is 16.2. The molecule has 8 nitrogen and oxygen atoms in total. The first-order valence-electron chi connectivity index (χ1n) is 8.48. The van der Waals surface area contributed by atoms with Crippen LogP contribution >= 0.6 is 22.7 Å². The largest absolute Gasteiger partial charge is 0.355 e. The highest BCUT2D eigenvalue weighted by Crippen LogP contribution is 2.18. The number of hydrogen-bond donors (Lipinski definition) is 1. The first-order chi connectivity index (χ1) is 13.1. The van der Waals surface area contributed by atoms with Crippen LogP contribution < -0.4 is 16.6 Å². The van der Waals surface area contributed by atoms with E-state index in [9.17, 15) is 14.4 Å². The van der Waals surface area contributed by atoms with Gasteiger partial charge in [-0.05, 0) is 29.3 Å². The van der Waals surface area contributed by atoms with Crippen LogP contribution in [-0.2, 0) is 17.9 Å². The molecule has 0 saturated heterocycles. The van der Waals surface area contributed by atoms with Crippen molar-refractivity contribution in [1.29, 1.82) is 0 Å². The second-order valence-corrected chi connectivity index (χ2v) is 7.98. The number of amides is 1. The van der Waals surface area contributed by atoms with Gasteiger partial charge in [-0.3, -0.25) is 14.2 Å². The van der Waals surface area contributed by atoms with E-state index in [1.165, 1.54) is 31.6 Å². The number of nitrogens with zero attached hydrogens (tertiary/aromatic N) is 4. The van der Waals surface area contributed by atoms with E-state index in [-0.39, 0.29) is 23.8 Å². The molecule has 27 heavy (non-hydrogen) atoms. The number of carbonyl (C=O) groups is 1. The van der Waals surface area contributed by atoms with Crippen molar-refractivity contribution < 1.29 is 4.79 Å². The molecule has 4 aromatic heterocycles. The molecule has 0 spiro atoms. The molecule has 10 heteroatoms. The second kappa shape index (κ2) is 7.12. The fraction of sp³-hybridized carbons (Fsp3) is 0.294. The van der Waals surface area contributed by atoms with Gasteiger partial charge in [-0.15, -0.1) is 27.8 Å². The number of fused-ring (bicyclic) bond motifs is 3. The number of thiophene rings is 2. The van der Waals surface area contributed by atoms with Gasteiger partial charge in [-0.2, -0.15) is 0 Å². The zero-order valence-electron chi connectivity index (χ0n) is 14.5. The summed E-state index contributed by atoms with van der Waals surface area (Å²) < 4.78 is 4.51. The predicted molar refractivity (Wildman–Crippen MR) is 106 cm³/mol. The third kappa shape index (κ3) is 3.10. The molecule has 0 fully saturated rings. The fourth-order valence-electron chi connectivity index (χ4n) is 2.89. The molecule has 0 atom stereocenters. The molecule has 0 aliphatic heterocycles. The van der Waals surface area contributed by atoms with Gasteiger partial charge < -0.3 is 5.32 Å². The Labute approximate surface area is 161 Å². The van der Waals surface area contributed by atoms with Gasteiger partial charge in [0.2, 0.25) is 11.7 Å². The molecule has 4 rings (SSSR count). The monoisotopic (exact) mass is 403 g/mol. The Morgan fingerprint density at radius 1 is 1.22 bits per heavy atom. The smallest absolute Gasteiger partial charge is 0.352 e. The van der Waals surface area contributed by atoms with Crippen molar-refractivity contribution >= 4 is 44.6 Å². The molecule has 0 aliphatic rings. The Hall–Kier alpha value is -2.72. The maximum Gasteiger partial charge on any atom is 0.352 e. The van der Waals surface area contributed by atoms with Crippen LogP contribution in [0.15, 0.2) is 38.5 Å². The minimum atomic E-state index is -0.431. The lowest BCUT2D eigenvalue weighted by atomic mass is 10.4. The summed E-state index contributed by atoms with van der Waals surface area (Å²) in [6.45, 7) is 2.64. The summed E-state index contributed by atoms with van der Waals surface area (Å²) in [4.78, 5) is 38.9. The van der Waals surface area contributed by atoms with Crippen LogP contribution in [0.1, 0.15) is 18.2 Å². The maximum absolute atomic E-state index is 12.9. The predicted octanol–water partition coefficient (Wildman–Crippen LogP) is 1.51. The van der Waals surface area contributed by atoms with Gasteiger partial charge in [-0.1, -0.05) is 13.0 Å². The van der Waals surface area contributed by atoms with E-state index in [0.29, 0.717) is 23.3 Å². The van der Waals surface area contributed by atoms with Crippen LogP contribution in [0, 0.1) is 0 Å². The van der Waals surface area contributed by atoms with Gasteiger partial charge in [0.1, 0.15) is 11.2 Å². The summed E-state index contributed by atoms with van der Waals surface area (Å²) in [5.41, 5.74) is -0.0962. The standard InChI is InChI=1S/C17H17N5O3S2/c1-2-6-18-13(23)10-21-17(25)22-12-5-8-27-14(12)15(24)20(16(22)19-21)9-11-4-3-7-26-11/h3-5,7-8H,2,6,9-10H2,1H3,(H,18,23). The number of aromatic nitrogens is 4. The molecule has 0 saturated carbocycles. The molecule has 0 aromatic carbocycles. The molecule has 4 heterocycles. The third-order valence-electron chi connectivity index (χ3n) is 4.15. The summed E-state index contributed by atoms with van der Waals surface area (Å²) >= 11 is 2.82. The summed E-state index contributed by atoms with van der Waals surface area (Å²) in [6.07, 6.45) is 0.807. The second-order valence-electron chi connectivity index (χ2n) is 6.03. The van der Waals surface area contributed by atoms with Crippen molar-refractivity contribution in [1.82, 2.24) is 24.1 Å². The van der Waals surface area contributed by atoms with Crippen molar-refractivity contribution in [2.75, 3.05) is 6.54 Å². The van der Waals surface area contributed by atoms with Gasteiger partial charge in [0.15, 0.2) is 0 Å². The van der Waals surface area contributed by atoms with E-state index in [1.807, 2.05) is 24.4 Å². The van der Waals surface area contributed by atoms with Gasteiger partial charge in [-0.25, -0.2) is 13.9 Å². The molecule has 0 radical (unpaired) electrons. The highest BCUT2D eigenvalue weighted by molar-refractivity contribution is 7.17. The van der Waals surface area contributed by atoms with E-state index in [4.69, 9.17) is 0 Å². The average Bonchev–Trinajstić information content (AvgIpc) is 3.38. The Morgan fingerprint density at radius 2 is 2.07 bits per heavy atom. The molecule has 0 unspecified atom stereocenters. The minimum Gasteiger partial charge on any atom is -0.355 e. The Balaban J connectivity index is 1.89. The van der Waals surface area contributed by atoms with Gasteiger partial charge >= 0.3 is 5.69 Å². The van der Waals surface area contributed by atoms with E-state index < -0.39 is 5.69 Å². The van der Waals surface area contributed by atoms with E-state index in [1.54, 1.807) is 11.4 Å². The molecule has 1 N–H and O–H groups in total. The summed E-state index contributed by atoms with van der Waals surface area (Å²) in [5, 5.41) is 10.8. The Bertz CT molecular complexity index is 1230. The van der Waals surface area contributed by atoms with Crippen LogP contribution in [0.25, 0.3) is 16.0 Å². The lowest BCUT2D eigenvalue weighted by Gasteiger charge is -2.06. The van der Waals surface area contributed by atoms with Crippen molar-refractivity contribution in [3.05, 3.63) is 54.7 Å². The van der Waals surface area contributed by atoms with Crippen molar-refractivity contribution in [3.63, 3.8) is 0 Å². The van der Waals surface area contributed by atoms with Crippen LogP contribution in [0.4, 0.5) is 0 Å². The zero-order chi connectivity index (χ0) is 19.0. The molecule has 4 aromatic rings. The average molecular weight is 403 g/mol. The summed E-state index contributed by atoms with van der Waals surface area (Å²) in [6, 6.07) is 5.57. The first kappa shape index (κ1) is 17.7. The van der Waals surface area contributed by atoms with Gasteiger partial charge in [0.25, 0.3) is 5.56 Å². The highest BCUT2D eigenvalue weighted by Gasteiger charge is 2.19. The number of hydrogen-bond acceptors (Lipinski definition) is 6. The number of carbonyl (C=O) groups excluding carboxylic acids is 1. The van der Waals surface area contributed by atoms with Crippen molar-refractivity contribution in [2.24, 2.45) is 0 Å². The van der Waals surface area contributed by atoms with Crippen LogP contribution in [0.5, 0.6) is 0 Å². The summed E-state index contributed by atoms with van der Waals surface area (Å²) in [5.74, 6) is -0.0383. The van der Waals surface area contributed by atoms with Gasteiger partial charge in [0, 0.05) is 11.4 Å². The topological polar surface area (TPSA) is 90.4 Å². The van der Waals surface area contributed by atoms with E-state index in [2.05, 4.69) is 10.4 Å². The third-order valence-corrected chi connectivity index (χ3v) is 5.90. The molecule has 0 aliphatic carbocycles. The maximum atomic E-state index is 12.9. The summed E-state index contributed by atoms with van der Waals surface area (Å²) in [7, 11) is 0. The van der Waals surface area contributed by atoms with E-state index >= 15 is 0 Å². The van der Waals surface area contributed by atoms with E-state index in [0.717, 1.165) is 16.0 Å². The Morgan fingerprint density at radius 3 is 2.81 bits per heavy atom. The van der Waals surface area contributed by atoms with Crippen LogP contribution in [0.2, 0.25) is 0 Å². The lowest BCUT2D eigenvalue weighted by Crippen LogP contribution is -2.33.